The highest BCUT2D eigenvalue weighted by atomic mass is 35.5. The predicted octanol–water partition coefficient (Wildman–Crippen LogP) is 3.69. The van der Waals surface area contributed by atoms with Gasteiger partial charge in [-0.05, 0) is 31.4 Å². The molecule has 0 saturated heterocycles. The third-order valence-electron chi connectivity index (χ3n) is 4.64. The minimum Gasteiger partial charge on any atom is -0.334 e. The maximum Gasteiger partial charge on any atom is 0.273 e. The second-order valence-corrected chi connectivity index (χ2v) is 7.28. The summed E-state index contributed by atoms with van der Waals surface area (Å²) in [6.45, 7) is 1.33. The van der Waals surface area contributed by atoms with Crippen LogP contribution in [0.4, 0.5) is 0 Å². The Morgan fingerprint density at radius 3 is 2.60 bits per heavy atom. The fourth-order valence-electron chi connectivity index (χ4n) is 3.35. The van der Waals surface area contributed by atoms with Crippen LogP contribution in [0.25, 0.3) is 0 Å². The summed E-state index contributed by atoms with van der Waals surface area (Å²) in [5.74, 6) is 0.0809. The molecule has 2 N–H and O–H groups in total. The van der Waals surface area contributed by atoms with E-state index in [1.54, 1.807) is 0 Å². The van der Waals surface area contributed by atoms with Crippen molar-refractivity contribution >= 4 is 29.7 Å². The highest BCUT2D eigenvalue weighted by molar-refractivity contribution is 7.09. The predicted molar refractivity (Wildman–Crippen MR) is 106 cm³/mol. The summed E-state index contributed by atoms with van der Waals surface area (Å²) in [5.41, 5.74) is 7.45. The van der Waals surface area contributed by atoms with Gasteiger partial charge in [0.1, 0.15) is 5.69 Å². The van der Waals surface area contributed by atoms with Crippen LogP contribution in [-0.2, 0) is 12.8 Å². The number of hydrogen-bond donors (Lipinski definition) is 1. The Bertz CT molecular complexity index is 656. The molecule has 1 aromatic heterocycles. The number of thiazole rings is 1. The molecule has 0 atom stereocenters. The van der Waals surface area contributed by atoms with E-state index in [1.165, 1.54) is 29.7 Å². The van der Waals surface area contributed by atoms with Gasteiger partial charge in [-0.3, -0.25) is 4.79 Å². The van der Waals surface area contributed by atoms with E-state index in [-0.39, 0.29) is 18.3 Å². The van der Waals surface area contributed by atoms with Gasteiger partial charge >= 0.3 is 0 Å². The van der Waals surface area contributed by atoms with E-state index in [4.69, 9.17) is 5.73 Å². The monoisotopic (exact) mass is 379 g/mol. The lowest BCUT2D eigenvalue weighted by molar-refractivity contribution is 0.0678. The largest absolute Gasteiger partial charge is 0.334 e. The molecule has 2 aromatic rings. The quantitative estimate of drug-likeness (QED) is 0.798. The average molecular weight is 380 g/mol. The van der Waals surface area contributed by atoms with Gasteiger partial charge < -0.3 is 10.6 Å². The molecule has 0 aliphatic heterocycles. The molecule has 136 valence electrons. The van der Waals surface area contributed by atoms with Crippen LogP contribution in [0.2, 0.25) is 0 Å². The molecule has 1 saturated carbocycles. The molecule has 1 aliphatic rings. The molecule has 1 amide bonds. The molecule has 0 radical (unpaired) electrons. The molecule has 1 aromatic carbocycles. The van der Waals surface area contributed by atoms with Crippen LogP contribution in [0, 0.1) is 0 Å². The van der Waals surface area contributed by atoms with Crippen LogP contribution in [-0.4, -0.2) is 34.9 Å². The highest BCUT2D eigenvalue weighted by Crippen LogP contribution is 2.25. The summed E-state index contributed by atoms with van der Waals surface area (Å²) in [5, 5.41) is 2.84. The van der Waals surface area contributed by atoms with Crippen LogP contribution >= 0.6 is 23.7 Å². The van der Waals surface area contributed by atoms with Crippen LogP contribution < -0.4 is 5.73 Å². The van der Waals surface area contributed by atoms with E-state index < -0.39 is 0 Å². The van der Waals surface area contributed by atoms with Crippen molar-refractivity contribution in [1.29, 1.82) is 0 Å². The third kappa shape index (κ3) is 5.27. The molecular weight excluding hydrogens is 354 g/mol. The molecule has 0 bridgehead atoms. The van der Waals surface area contributed by atoms with Gasteiger partial charge in [0.2, 0.25) is 0 Å². The number of carbonyl (C=O) groups is 1. The fourth-order valence-corrected chi connectivity index (χ4v) is 4.14. The first-order chi connectivity index (χ1) is 11.8. The molecule has 4 nitrogen and oxygen atoms in total. The van der Waals surface area contributed by atoms with Crippen LogP contribution in [0.1, 0.15) is 46.7 Å². The number of aromatic nitrogens is 1. The van der Waals surface area contributed by atoms with Crippen molar-refractivity contribution in [2.24, 2.45) is 5.73 Å². The number of rotatable bonds is 7. The van der Waals surface area contributed by atoms with Crippen LogP contribution in [0.3, 0.4) is 0 Å². The molecule has 1 fully saturated rings. The van der Waals surface area contributed by atoms with Crippen molar-refractivity contribution in [3.05, 3.63) is 52.0 Å². The topological polar surface area (TPSA) is 59.2 Å². The van der Waals surface area contributed by atoms with Gasteiger partial charge in [-0.15, -0.1) is 23.7 Å². The number of carbonyl (C=O) groups excluding carboxylic acids is 1. The van der Waals surface area contributed by atoms with Gasteiger partial charge in [-0.25, -0.2) is 4.98 Å². The summed E-state index contributed by atoms with van der Waals surface area (Å²) in [6.07, 6.45) is 6.29. The molecule has 3 rings (SSSR count). The zero-order chi connectivity index (χ0) is 16.8. The van der Waals surface area contributed by atoms with Crippen molar-refractivity contribution in [3.63, 3.8) is 0 Å². The molecule has 6 heteroatoms. The van der Waals surface area contributed by atoms with E-state index in [1.807, 2.05) is 11.4 Å². The summed E-state index contributed by atoms with van der Waals surface area (Å²) in [7, 11) is 0. The fraction of sp³-hybridized carbons (Fsp3) is 0.474. The van der Waals surface area contributed by atoms with Crippen LogP contribution in [0.15, 0.2) is 35.7 Å². The zero-order valence-corrected chi connectivity index (χ0v) is 16.0. The van der Waals surface area contributed by atoms with Crippen molar-refractivity contribution in [3.8, 4) is 0 Å². The Morgan fingerprint density at radius 2 is 1.92 bits per heavy atom. The third-order valence-corrected chi connectivity index (χ3v) is 5.55. The normalized spacial score (nSPS) is 14.3. The first kappa shape index (κ1) is 19.9. The Hall–Kier alpha value is -1.43. The first-order valence-electron chi connectivity index (χ1n) is 8.77. The molecule has 0 spiro atoms. The molecular formula is C19H26ClN3OS. The second-order valence-electron chi connectivity index (χ2n) is 6.34. The Labute approximate surface area is 159 Å². The molecule has 1 heterocycles. The standard InChI is InChI=1S/C19H25N3OS.ClH/c20-12-10-18-21-17(14-24-18)19(23)22(16-8-4-5-9-16)13-11-15-6-2-1-3-7-15;/h1-3,6-7,14,16H,4-5,8-13,20H2;1H. The minimum atomic E-state index is 0. The molecule has 25 heavy (non-hydrogen) atoms. The number of hydrogen-bond acceptors (Lipinski definition) is 4. The van der Waals surface area contributed by atoms with Crippen molar-refractivity contribution in [2.75, 3.05) is 13.1 Å². The van der Waals surface area contributed by atoms with Gasteiger partial charge in [0.05, 0.1) is 5.01 Å². The maximum absolute atomic E-state index is 13.0. The zero-order valence-electron chi connectivity index (χ0n) is 14.4. The average Bonchev–Trinajstić information content (AvgIpc) is 3.28. The van der Waals surface area contributed by atoms with E-state index in [2.05, 4.69) is 34.1 Å². The SMILES string of the molecule is Cl.NCCc1nc(C(=O)N(CCc2ccccc2)C2CCCC2)cs1. The minimum absolute atomic E-state index is 0. The molecule has 1 aliphatic carbocycles. The van der Waals surface area contributed by atoms with Crippen molar-refractivity contribution in [2.45, 2.75) is 44.6 Å². The number of amides is 1. The van der Waals surface area contributed by atoms with Gasteiger partial charge in [0, 0.05) is 24.4 Å². The maximum atomic E-state index is 13.0. The second kappa shape index (κ2) is 9.90. The lowest BCUT2D eigenvalue weighted by Gasteiger charge is -2.28. The highest BCUT2D eigenvalue weighted by Gasteiger charge is 2.28. The van der Waals surface area contributed by atoms with Gasteiger partial charge in [-0.1, -0.05) is 43.2 Å². The lowest BCUT2D eigenvalue weighted by Crippen LogP contribution is -2.40. The summed E-state index contributed by atoms with van der Waals surface area (Å²) >= 11 is 1.54. The van der Waals surface area contributed by atoms with E-state index in [9.17, 15) is 4.79 Å². The number of nitrogens with zero attached hydrogens (tertiary/aromatic N) is 2. The van der Waals surface area contributed by atoms with E-state index >= 15 is 0 Å². The van der Waals surface area contributed by atoms with E-state index in [0.717, 1.165) is 37.2 Å². The Balaban J connectivity index is 0.00000225. The van der Waals surface area contributed by atoms with Gasteiger partial charge in [0.25, 0.3) is 5.91 Å². The summed E-state index contributed by atoms with van der Waals surface area (Å²) in [6, 6.07) is 10.7. The Morgan fingerprint density at radius 1 is 1.20 bits per heavy atom. The number of nitrogens with two attached hydrogens (primary N) is 1. The number of benzene rings is 1. The summed E-state index contributed by atoms with van der Waals surface area (Å²) in [4.78, 5) is 19.6. The van der Waals surface area contributed by atoms with Gasteiger partial charge in [-0.2, -0.15) is 0 Å². The summed E-state index contributed by atoms with van der Waals surface area (Å²) < 4.78 is 0. The number of halogens is 1. The Kier molecular flexibility index (Phi) is 7.88. The van der Waals surface area contributed by atoms with E-state index in [0.29, 0.717) is 18.3 Å². The smallest absolute Gasteiger partial charge is 0.273 e. The van der Waals surface area contributed by atoms with Crippen molar-refractivity contribution in [1.82, 2.24) is 9.88 Å². The lowest BCUT2D eigenvalue weighted by atomic mass is 10.1. The van der Waals surface area contributed by atoms with Crippen LogP contribution in [0.5, 0.6) is 0 Å². The van der Waals surface area contributed by atoms with Gasteiger partial charge in [0.15, 0.2) is 0 Å². The first-order valence-corrected chi connectivity index (χ1v) is 9.65. The van der Waals surface area contributed by atoms with Crippen molar-refractivity contribution < 1.29 is 4.79 Å². The molecule has 0 unspecified atom stereocenters.